The van der Waals surface area contributed by atoms with Crippen molar-refractivity contribution >= 4 is 9.84 Å². The minimum Gasteiger partial charge on any atom is -0.493 e. The van der Waals surface area contributed by atoms with Gasteiger partial charge in [0, 0.05) is 24.6 Å². The third-order valence-electron chi connectivity index (χ3n) is 3.61. The van der Waals surface area contributed by atoms with Crippen LogP contribution >= 0.6 is 0 Å². The number of benzene rings is 1. The van der Waals surface area contributed by atoms with Crippen molar-refractivity contribution in [2.45, 2.75) is 5.92 Å². The van der Waals surface area contributed by atoms with Gasteiger partial charge in [-0.3, -0.25) is 0 Å². The molecule has 2 aliphatic rings. The Bertz CT molecular complexity index is 537. The molecule has 98 valence electrons. The van der Waals surface area contributed by atoms with E-state index in [1.807, 2.05) is 24.3 Å². The van der Waals surface area contributed by atoms with Crippen LogP contribution in [0.15, 0.2) is 24.3 Å². The molecule has 0 aliphatic carbocycles. The molecule has 1 N–H and O–H groups in total. The minimum atomic E-state index is -2.99. The van der Waals surface area contributed by atoms with Crippen LogP contribution in [-0.4, -0.2) is 39.6 Å². The first-order valence-electron chi connectivity index (χ1n) is 6.27. The van der Waals surface area contributed by atoms with E-state index < -0.39 is 9.84 Å². The van der Waals surface area contributed by atoms with Crippen LogP contribution in [0.1, 0.15) is 11.5 Å². The zero-order valence-corrected chi connectivity index (χ0v) is 10.9. The molecule has 1 unspecified atom stereocenters. The van der Waals surface area contributed by atoms with E-state index in [1.165, 1.54) is 0 Å². The van der Waals surface area contributed by atoms with Crippen LogP contribution < -0.4 is 10.1 Å². The first-order chi connectivity index (χ1) is 8.64. The molecule has 0 radical (unpaired) electrons. The lowest BCUT2D eigenvalue weighted by molar-refractivity contribution is 0.336. The Morgan fingerprint density at radius 2 is 2.00 bits per heavy atom. The lowest BCUT2D eigenvalue weighted by Gasteiger charge is -2.27. The van der Waals surface area contributed by atoms with Gasteiger partial charge in [-0.2, -0.15) is 0 Å². The fourth-order valence-electron chi connectivity index (χ4n) is 2.57. The Labute approximate surface area is 107 Å². The van der Waals surface area contributed by atoms with E-state index in [0.29, 0.717) is 18.3 Å². The molecule has 0 aromatic heterocycles. The fourth-order valence-corrected chi connectivity index (χ4v) is 4.55. The first-order valence-corrected chi connectivity index (χ1v) is 8.09. The SMILES string of the molecule is O=S(=O)(CC1CNC1)CC1COc2ccccc21. The number of hydrogen-bond acceptors (Lipinski definition) is 4. The summed E-state index contributed by atoms with van der Waals surface area (Å²) in [7, 11) is -2.99. The summed E-state index contributed by atoms with van der Waals surface area (Å²) in [5, 5.41) is 3.10. The van der Waals surface area contributed by atoms with Crippen molar-refractivity contribution in [3.63, 3.8) is 0 Å². The molecular weight excluding hydrogens is 250 g/mol. The quantitative estimate of drug-likeness (QED) is 0.876. The second-order valence-corrected chi connectivity index (χ2v) is 7.30. The topological polar surface area (TPSA) is 55.4 Å². The summed E-state index contributed by atoms with van der Waals surface area (Å²) in [6.07, 6.45) is 0. The highest BCUT2D eigenvalue weighted by atomic mass is 32.2. The number of para-hydroxylation sites is 1. The van der Waals surface area contributed by atoms with Crippen molar-refractivity contribution in [3.8, 4) is 5.75 Å². The summed E-state index contributed by atoms with van der Waals surface area (Å²) < 4.78 is 29.8. The predicted molar refractivity (Wildman–Crippen MR) is 69.7 cm³/mol. The van der Waals surface area contributed by atoms with Gasteiger partial charge in [-0.15, -0.1) is 0 Å². The average Bonchev–Trinajstić information content (AvgIpc) is 2.67. The maximum absolute atomic E-state index is 12.1. The Balaban J connectivity index is 1.70. The van der Waals surface area contributed by atoms with Crippen LogP contribution in [0, 0.1) is 5.92 Å². The predicted octanol–water partition coefficient (Wildman–Crippen LogP) is 0.797. The van der Waals surface area contributed by atoms with Crippen molar-refractivity contribution in [2.75, 3.05) is 31.2 Å². The zero-order chi connectivity index (χ0) is 12.6. The molecule has 1 saturated heterocycles. The highest BCUT2D eigenvalue weighted by Crippen LogP contribution is 2.34. The van der Waals surface area contributed by atoms with Crippen molar-refractivity contribution in [2.24, 2.45) is 5.92 Å². The van der Waals surface area contributed by atoms with Crippen molar-refractivity contribution in [1.82, 2.24) is 5.32 Å². The van der Waals surface area contributed by atoms with Gasteiger partial charge in [0.25, 0.3) is 0 Å². The Kier molecular flexibility index (Phi) is 3.03. The van der Waals surface area contributed by atoms with Crippen LogP contribution in [-0.2, 0) is 9.84 Å². The molecule has 4 nitrogen and oxygen atoms in total. The molecule has 0 amide bonds. The highest BCUT2D eigenvalue weighted by Gasteiger charge is 2.31. The summed E-state index contributed by atoms with van der Waals surface area (Å²) >= 11 is 0. The Morgan fingerprint density at radius 1 is 1.22 bits per heavy atom. The summed E-state index contributed by atoms with van der Waals surface area (Å²) in [6.45, 7) is 2.15. The second kappa shape index (κ2) is 4.55. The van der Waals surface area contributed by atoms with Crippen LogP contribution in [0.2, 0.25) is 0 Å². The lowest BCUT2D eigenvalue weighted by atomic mass is 10.0. The molecule has 2 heterocycles. The maximum Gasteiger partial charge on any atom is 0.151 e. The van der Waals surface area contributed by atoms with Crippen molar-refractivity contribution in [3.05, 3.63) is 29.8 Å². The van der Waals surface area contributed by atoms with Gasteiger partial charge in [0.05, 0.1) is 18.1 Å². The summed E-state index contributed by atoms with van der Waals surface area (Å²) in [5.41, 5.74) is 1.04. The third kappa shape index (κ3) is 2.37. The van der Waals surface area contributed by atoms with E-state index in [9.17, 15) is 8.42 Å². The summed E-state index contributed by atoms with van der Waals surface area (Å²) in [6, 6.07) is 7.71. The second-order valence-electron chi connectivity index (χ2n) is 5.15. The molecule has 1 aromatic rings. The number of nitrogens with one attached hydrogen (secondary N) is 1. The molecule has 2 aliphatic heterocycles. The van der Waals surface area contributed by atoms with Gasteiger partial charge in [0.15, 0.2) is 9.84 Å². The average molecular weight is 267 g/mol. The Morgan fingerprint density at radius 3 is 2.72 bits per heavy atom. The fraction of sp³-hybridized carbons (Fsp3) is 0.538. The maximum atomic E-state index is 12.1. The highest BCUT2D eigenvalue weighted by molar-refractivity contribution is 7.91. The smallest absolute Gasteiger partial charge is 0.151 e. The van der Waals surface area contributed by atoms with Gasteiger partial charge in [-0.05, 0) is 12.0 Å². The van der Waals surface area contributed by atoms with Gasteiger partial charge in [0.2, 0.25) is 0 Å². The molecule has 18 heavy (non-hydrogen) atoms. The van der Waals surface area contributed by atoms with Gasteiger partial charge in [0.1, 0.15) is 5.75 Å². The normalized spacial score (nSPS) is 23.2. The lowest BCUT2D eigenvalue weighted by Crippen LogP contribution is -2.46. The van der Waals surface area contributed by atoms with Crippen LogP contribution in [0.3, 0.4) is 0 Å². The van der Waals surface area contributed by atoms with Crippen LogP contribution in [0.25, 0.3) is 0 Å². The number of hydrogen-bond donors (Lipinski definition) is 1. The zero-order valence-electron chi connectivity index (χ0n) is 10.1. The van der Waals surface area contributed by atoms with E-state index >= 15 is 0 Å². The van der Waals surface area contributed by atoms with E-state index in [-0.39, 0.29) is 11.7 Å². The van der Waals surface area contributed by atoms with E-state index in [0.717, 1.165) is 24.4 Å². The molecule has 0 bridgehead atoms. The minimum absolute atomic E-state index is 0.000708. The molecule has 1 fully saturated rings. The summed E-state index contributed by atoms with van der Waals surface area (Å²) in [4.78, 5) is 0. The molecule has 1 aromatic carbocycles. The largest absolute Gasteiger partial charge is 0.493 e. The molecule has 0 saturated carbocycles. The van der Waals surface area contributed by atoms with E-state index in [4.69, 9.17) is 4.74 Å². The van der Waals surface area contributed by atoms with Crippen LogP contribution in [0.5, 0.6) is 5.75 Å². The molecule has 1 atom stereocenters. The van der Waals surface area contributed by atoms with Crippen LogP contribution in [0.4, 0.5) is 0 Å². The van der Waals surface area contributed by atoms with Gasteiger partial charge < -0.3 is 10.1 Å². The number of ether oxygens (including phenoxy) is 1. The van der Waals surface area contributed by atoms with Gasteiger partial charge in [-0.25, -0.2) is 8.42 Å². The molecule has 0 spiro atoms. The van der Waals surface area contributed by atoms with E-state index in [2.05, 4.69) is 5.32 Å². The number of fused-ring (bicyclic) bond motifs is 1. The Hall–Kier alpha value is -1.07. The van der Waals surface area contributed by atoms with Crippen molar-refractivity contribution in [1.29, 1.82) is 0 Å². The van der Waals surface area contributed by atoms with Gasteiger partial charge in [-0.1, -0.05) is 18.2 Å². The number of rotatable bonds is 4. The van der Waals surface area contributed by atoms with E-state index in [1.54, 1.807) is 0 Å². The monoisotopic (exact) mass is 267 g/mol. The molecule has 5 heteroatoms. The molecular formula is C13H17NO3S. The third-order valence-corrected chi connectivity index (χ3v) is 5.50. The number of sulfone groups is 1. The van der Waals surface area contributed by atoms with Crippen molar-refractivity contribution < 1.29 is 13.2 Å². The summed E-state index contributed by atoms with van der Waals surface area (Å²) in [5.74, 6) is 1.65. The first kappa shape index (κ1) is 12.0. The molecule has 3 rings (SSSR count). The standard InChI is InChI=1S/C13H17NO3S/c15-18(16,8-10-5-14-6-10)9-11-7-17-13-4-2-1-3-12(11)13/h1-4,10-11,14H,5-9H2. The van der Waals surface area contributed by atoms with Gasteiger partial charge >= 0.3 is 0 Å².